The fourth-order valence-electron chi connectivity index (χ4n) is 4.56. The Morgan fingerprint density at radius 3 is 2.33 bits per heavy atom. The molecule has 0 saturated carbocycles. The average Bonchev–Trinajstić information content (AvgIpc) is 2.89. The number of piperidine rings is 1. The normalized spacial score (nSPS) is 13.9. The molecule has 3 N–H and O–H groups in total. The highest BCUT2D eigenvalue weighted by Gasteiger charge is 2.20. The topological polar surface area (TPSA) is 107 Å². The van der Waals surface area contributed by atoms with Crippen molar-refractivity contribution in [3.05, 3.63) is 48.7 Å². The van der Waals surface area contributed by atoms with E-state index in [-0.39, 0.29) is 11.4 Å². The van der Waals surface area contributed by atoms with Crippen LogP contribution in [0.2, 0.25) is 0 Å². The Labute approximate surface area is 213 Å². The molecule has 2 aromatic carbocycles. The summed E-state index contributed by atoms with van der Waals surface area (Å²) in [4.78, 5) is 6.85. The molecule has 1 aliphatic heterocycles. The average molecular weight is 511 g/mol. The van der Waals surface area contributed by atoms with Crippen LogP contribution < -0.4 is 24.8 Å². The highest BCUT2D eigenvalue weighted by atomic mass is 32.2. The van der Waals surface area contributed by atoms with Gasteiger partial charge in [0.05, 0.1) is 25.7 Å². The van der Waals surface area contributed by atoms with Gasteiger partial charge in [0.2, 0.25) is 10.0 Å². The number of ether oxygens (including phenoxy) is 2. The molecule has 0 aliphatic carbocycles. The molecule has 9 heteroatoms. The minimum atomic E-state index is -3.55. The molecule has 0 unspecified atom stereocenters. The van der Waals surface area contributed by atoms with Crippen molar-refractivity contribution in [1.29, 1.82) is 0 Å². The molecule has 2 heterocycles. The Morgan fingerprint density at radius 2 is 1.69 bits per heavy atom. The zero-order chi connectivity index (χ0) is 25.7. The third-order valence-electron chi connectivity index (χ3n) is 6.37. The number of anilines is 3. The third kappa shape index (κ3) is 5.67. The number of pyridine rings is 1. The molecule has 1 aromatic heterocycles. The number of hydrogen-bond acceptors (Lipinski definition) is 7. The first-order valence-corrected chi connectivity index (χ1v) is 13.9. The van der Waals surface area contributed by atoms with Crippen LogP contribution in [0.25, 0.3) is 22.3 Å². The lowest BCUT2D eigenvalue weighted by Crippen LogP contribution is -2.29. The first-order chi connectivity index (χ1) is 17.3. The van der Waals surface area contributed by atoms with Gasteiger partial charge in [-0.3, -0.25) is 4.72 Å². The molecule has 0 spiro atoms. The van der Waals surface area contributed by atoms with Crippen molar-refractivity contribution in [1.82, 2.24) is 4.98 Å². The third-order valence-corrected chi connectivity index (χ3v) is 7.85. The van der Waals surface area contributed by atoms with Gasteiger partial charge in [-0.15, -0.1) is 0 Å². The zero-order valence-electron chi connectivity index (χ0n) is 21.1. The van der Waals surface area contributed by atoms with Gasteiger partial charge in [-0.2, -0.15) is 0 Å². The van der Waals surface area contributed by atoms with E-state index < -0.39 is 10.0 Å². The maximum absolute atomic E-state index is 12.5. The summed E-state index contributed by atoms with van der Waals surface area (Å²) in [6.07, 6.45) is 6.00. The second-order valence-electron chi connectivity index (χ2n) is 8.93. The minimum absolute atomic E-state index is 0.00466. The number of nitrogens with two attached hydrogens (primary N) is 1. The Kier molecular flexibility index (Phi) is 7.88. The molecule has 4 rings (SSSR count). The van der Waals surface area contributed by atoms with Gasteiger partial charge in [0.25, 0.3) is 0 Å². The van der Waals surface area contributed by atoms with E-state index in [1.54, 1.807) is 18.3 Å². The van der Waals surface area contributed by atoms with Crippen LogP contribution >= 0.6 is 0 Å². The molecular formula is C27H34N4O4S. The predicted molar refractivity (Wildman–Crippen MR) is 146 cm³/mol. The summed E-state index contributed by atoms with van der Waals surface area (Å²) in [7, 11) is -0.573. The van der Waals surface area contributed by atoms with Crippen LogP contribution in [0.4, 0.5) is 17.2 Å². The highest BCUT2D eigenvalue weighted by molar-refractivity contribution is 7.92. The maximum Gasteiger partial charge on any atom is 0.232 e. The highest BCUT2D eigenvalue weighted by Crippen LogP contribution is 2.42. The SMILES string of the molecule is CCCS(=O)(=O)Nc1cc(-c2cc(-c3ccc(N4CCCCC4)cc3)cnc2N)cc(OC)c1OC. The molecule has 192 valence electrons. The number of sulfonamides is 1. The van der Waals surface area contributed by atoms with Gasteiger partial charge in [0.1, 0.15) is 5.82 Å². The van der Waals surface area contributed by atoms with E-state index in [0.29, 0.717) is 34.9 Å². The Bertz CT molecular complexity index is 1300. The summed E-state index contributed by atoms with van der Waals surface area (Å²) in [6, 6.07) is 13.9. The molecule has 0 atom stereocenters. The lowest BCUT2D eigenvalue weighted by Gasteiger charge is -2.28. The van der Waals surface area contributed by atoms with Crippen LogP contribution in [0.15, 0.2) is 48.7 Å². The van der Waals surface area contributed by atoms with Gasteiger partial charge in [0, 0.05) is 36.1 Å². The summed E-state index contributed by atoms with van der Waals surface area (Å²) in [6.45, 7) is 4.00. The smallest absolute Gasteiger partial charge is 0.232 e. The summed E-state index contributed by atoms with van der Waals surface area (Å²) >= 11 is 0. The summed E-state index contributed by atoms with van der Waals surface area (Å²) < 4.78 is 38.6. The number of rotatable bonds is 9. The molecule has 0 amide bonds. The molecule has 0 radical (unpaired) electrons. The van der Waals surface area contributed by atoms with Gasteiger partial charge in [-0.1, -0.05) is 19.1 Å². The zero-order valence-corrected chi connectivity index (χ0v) is 21.9. The Balaban J connectivity index is 1.72. The molecule has 8 nitrogen and oxygen atoms in total. The van der Waals surface area contributed by atoms with Crippen molar-refractivity contribution >= 4 is 27.2 Å². The lowest BCUT2D eigenvalue weighted by molar-refractivity contribution is 0.356. The molecule has 0 bridgehead atoms. The molecule has 1 fully saturated rings. The van der Waals surface area contributed by atoms with Crippen LogP contribution in [0.5, 0.6) is 11.5 Å². The maximum atomic E-state index is 12.5. The summed E-state index contributed by atoms with van der Waals surface area (Å²) in [5.74, 6) is 1.02. The summed E-state index contributed by atoms with van der Waals surface area (Å²) in [5, 5.41) is 0. The predicted octanol–water partition coefficient (Wildman–Crippen LogP) is 5.16. The number of hydrogen-bond donors (Lipinski definition) is 2. The summed E-state index contributed by atoms with van der Waals surface area (Å²) in [5.41, 5.74) is 11.1. The van der Waals surface area contributed by atoms with Crippen LogP contribution in [0.3, 0.4) is 0 Å². The molecular weight excluding hydrogens is 476 g/mol. The van der Waals surface area contributed by atoms with Crippen LogP contribution in [0, 0.1) is 0 Å². The van der Waals surface area contributed by atoms with Gasteiger partial charge in [-0.05, 0) is 67.1 Å². The second-order valence-corrected chi connectivity index (χ2v) is 10.8. The number of aromatic nitrogens is 1. The number of nitrogen functional groups attached to an aromatic ring is 1. The van der Waals surface area contributed by atoms with Crippen molar-refractivity contribution in [3.63, 3.8) is 0 Å². The minimum Gasteiger partial charge on any atom is -0.493 e. The van der Waals surface area contributed by atoms with Crippen molar-refractivity contribution < 1.29 is 17.9 Å². The molecule has 3 aromatic rings. The monoisotopic (exact) mass is 510 g/mol. The van der Waals surface area contributed by atoms with Gasteiger partial charge < -0.3 is 20.1 Å². The standard InChI is InChI=1S/C27H34N4O4S/c1-4-14-36(32,33)30-24-16-20(17-25(34-2)26(24)35-3)23-15-21(18-29-27(23)28)19-8-10-22(11-9-19)31-12-6-5-7-13-31/h8-11,15-18,30H,4-7,12-14H2,1-3H3,(H2,28,29). The molecule has 1 aliphatic rings. The number of benzene rings is 2. The fourth-order valence-corrected chi connectivity index (χ4v) is 5.69. The number of nitrogens with one attached hydrogen (secondary N) is 1. The fraction of sp³-hybridized carbons (Fsp3) is 0.370. The second kappa shape index (κ2) is 11.1. The van der Waals surface area contributed by atoms with Crippen molar-refractivity contribution in [2.45, 2.75) is 32.6 Å². The van der Waals surface area contributed by atoms with Gasteiger partial charge in [0.15, 0.2) is 11.5 Å². The number of methoxy groups -OCH3 is 2. The van der Waals surface area contributed by atoms with E-state index in [2.05, 4.69) is 38.9 Å². The van der Waals surface area contributed by atoms with Crippen molar-refractivity contribution in [2.24, 2.45) is 0 Å². The number of nitrogens with zero attached hydrogens (tertiary/aromatic N) is 2. The van der Waals surface area contributed by atoms with Crippen LogP contribution in [-0.2, 0) is 10.0 Å². The van der Waals surface area contributed by atoms with E-state index >= 15 is 0 Å². The Hall–Kier alpha value is -3.46. The van der Waals surface area contributed by atoms with E-state index in [9.17, 15) is 8.42 Å². The van der Waals surface area contributed by atoms with E-state index in [4.69, 9.17) is 15.2 Å². The van der Waals surface area contributed by atoms with Crippen molar-refractivity contribution in [3.8, 4) is 33.8 Å². The van der Waals surface area contributed by atoms with Crippen molar-refractivity contribution in [2.75, 3.05) is 48.4 Å². The first-order valence-electron chi connectivity index (χ1n) is 12.2. The molecule has 36 heavy (non-hydrogen) atoms. The van der Waals surface area contributed by atoms with E-state index in [0.717, 1.165) is 24.2 Å². The Morgan fingerprint density at radius 1 is 0.972 bits per heavy atom. The largest absolute Gasteiger partial charge is 0.493 e. The first kappa shape index (κ1) is 25.6. The van der Waals surface area contributed by atoms with Crippen LogP contribution in [-0.4, -0.2) is 46.5 Å². The lowest BCUT2D eigenvalue weighted by atomic mass is 9.99. The van der Waals surface area contributed by atoms with E-state index in [1.165, 1.54) is 39.2 Å². The van der Waals surface area contributed by atoms with Gasteiger partial charge in [-0.25, -0.2) is 13.4 Å². The quantitative estimate of drug-likeness (QED) is 0.410. The van der Waals surface area contributed by atoms with Gasteiger partial charge >= 0.3 is 0 Å². The van der Waals surface area contributed by atoms with E-state index in [1.807, 2.05) is 13.0 Å². The van der Waals surface area contributed by atoms with Crippen LogP contribution in [0.1, 0.15) is 32.6 Å². The molecule has 1 saturated heterocycles.